The quantitative estimate of drug-likeness (QED) is 0.154. The fourth-order valence-corrected chi connectivity index (χ4v) is 12.9. The first kappa shape index (κ1) is 43.7. The number of furan rings is 2. The molecule has 0 spiro atoms. The zero-order chi connectivity index (χ0) is 51.2. The van der Waals surface area contributed by atoms with Crippen LogP contribution in [0.3, 0.4) is 0 Å². The van der Waals surface area contributed by atoms with Crippen molar-refractivity contribution in [1.82, 2.24) is 0 Å². The highest BCUT2D eigenvalue weighted by Gasteiger charge is 2.44. The molecule has 0 unspecified atom stereocenters. The Labute approximate surface area is 439 Å². The SMILES string of the molecule is CC1(C)c2cc(N(c3ccc(C#N)cc3)c3cccc4c3oc3ccccc34)ccc2-c2cc3c(cc21)C(C)(C)c1cc(N(c2ccc(C#N)cc2)c2cccc4c2oc2ccccc24)c2ccc4ccccc4c2c1-3. The Kier molecular flexibility index (Phi) is 9.09. The molecule has 15 rings (SSSR count). The van der Waals surface area contributed by atoms with E-state index in [1.165, 1.54) is 60.7 Å². The average Bonchev–Trinajstić information content (AvgIpc) is 4.37. The summed E-state index contributed by atoms with van der Waals surface area (Å²) in [5, 5.41) is 28.7. The normalized spacial score (nSPS) is 13.7. The maximum atomic E-state index is 9.96. The smallest absolute Gasteiger partial charge is 0.159 e. The number of benzene rings is 11. The highest BCUT2D eigenvalue weighted by atomic mass is 16.3. The molecular formula is C70H46N4O2. The number of anilines is 6. The molecule has 2 aliphatic carbocycles. The zero-order valence-electron chi connectivity index (χ0n) is 42.2. The molecule has 0 bridgehead atoms. The van der Waals surface area contributed by atoms with Gasteiger partial charge in [0, 0.05) is 54.8 Å². The van der Waals surface area contributed by atoms with Crippen molar-refractivity contribution in [2.75, 3.05) is 9.80 Å². The number of hydrogen-bond donors (Lipinski definition) is 0. The minimum absolute atomic E-state index is 0.361. The predicted octanol–water partition coefficient (Wildman–Crippen LogP) is 19.1. The number of nitrogens with zero attached hydrogens (tertiary/aromatic N) is 4. The van der Waals surface area contributed by atoms with E-state index >= 15 is 0 Å². The molecule has 358 valence electrons. The molecule has 6 nitrogen and oxygen atoms in total. The van der Waals surface area contributed by atoms with E-state index in [2.05, 4.69) is 195 Å². The summed E-state index contributed by atoms with van der Waals surface area (Å²) in [6, 6.07) is 77.3. The van der Waals surface area contributed by atoms with Gasteiger partial charge in [0.25, 0.3) is 0 Å². The molecule has 0 N–H and O–H groups in total. The first-order valence-electron chi connectivity index (χ1n) is 25.8. The van der Waals surface area contributed by atoms with Gasteiger partial charge >= 0.3 is 0 Å². The first-order chi connectivity index (χ1) is 37.1. The maximum Gasteiger partial charge on any atom is 0.159 e. The van der Waals surface area contributed by atoms with Crippen LogP contribution < -0.4 is 9.80 Å². The van der Waals surface area contributed by atoms with Gasteiger partial charge in [0.05, 0.1) is 40.3 Å². The van der Waals surface area contributed by atoms with Crippen LogP contribution in [0.2, 0.25) is 0 Å². The highest BCUT2D eigenvalue weighted by molar-refractivity contribution is 6.22. The van der Waals surface area contributed by atoms with E-state index in [1.54, 1.807) is 0 Å². The molecule has 2 aromatic heterocycles. The summed E-state index contributed by atoms with van der Waals surface area (Å²) in [5.41, 5.74) is 19.6. The third-order valence-corrected chi connectivity index (χ3v) is 16.7. The summed E-state index contributed by atoms with van der Waals surface area (Å²) in [7, 11) is 0. The first-order valence-corrected chi connectivity index (χ1v) is 25.8. The molecule has 0 saturated carbocycles. The van der Waals surface area contributed by atoms with Crippen molar-refractivity contribution >= 4 is 99.5 Å². The molecule has 76 heavy (non-hydrogen) atoms. The fourth-order valence-electron chi connectivity index (χ4n) is 12.9. The monoisotopic (exact) mass is 974 g/mol. The Morgan fingerprint density at radius 1 is 0.368 bits per heavy atom. The van der Waals surface area contributed by atoms with E-state index in [0.29, 0.717) is 11.1 Å². The standard InChI is InChI=1S/C70H46N4O2/c1-69(2)56-35-46(73(44-28-23-41(39-71)24-29-44)60-19-11-17-51-49-15-7-9-21-63(49)75-67(51)60)32-34-48(56)54-36-55-58(37-57(54)69)70(3,4)59-38-62(53-33-27-43-13-5-6-14-47(43)65(53)66(55)59)74(45-30-25-42(40-72)26-31-45)61-20-12-18-52-50-16-8-10-22-64(50)76-68(52)61/h5-38H,1-4H3. The number of hydrogen-bond acceptors (Lipinski definition) is 6. The average molecular weight is 975 g/mol. The van der Waals surface area contributed by atoms with Crippen LogP contribution in [0.15, 0.2) is 215 Å². The van der Waals surface area contributed by atoms with Crippen LogP contribution in [0.25, 0.3) is 87.7 Å². The molecule has 6 heteroatoms. The van der Waals surface area contributed by atoms with E-state index in [9.17, 15) is 10.5 Å². The van der Waals surface area contributed by atoms with Gasteiger partial charge < -0.3 is 18.6 Å². The Bertz CT molecular complexity index is 4730. The highest BCUT2D eigenvalue weighted by Crippen LogP contribution is 2.60. The molecule has 0 saturated heterocycles. The van der Waals surface area contributed by atoms with E-state index in [1.807, 2.05) is 60.7 Å². The largest absolute Gasteiger partial charge is 0.454 e. The van der Waals surface area contributed by atoms with E-state index in [4.69, 9.17) is 8.83 Å². The maximum absolute atomic E-state index is 9.96. The van der Waals surface area contributed by atoms with E-state index < -0.39 is 5.41 Å². The van der Waals surface area contributed by atoms with Gasteiger partial charge in [-0.15, -0.1) is 0 Å². The third-order valence-electron chi connectivity index (χ3n) is 16.7. The minimum Gasteiger partial charge on any atom is -0.454 e. The van der Waals surface area contributed by atoms with Gasteiger partial charge in [-0.3, -0.25) is 0 Å². The fraction of sp³-hybridized carbons (Fsp3) is 0.0857. The lowest BCUT2D eigenvalue weighted by molar-refractivity contribution is 0.639. The van der Waals surface area contributed by atoms with Crippen molar-refractivity contribution in [2.24, 2.45) is 0 Å². The van der Waals surface area contributed by atoms with Crippen LogP contribution >= 0.6 is 0 Å². The Morgan fingerprint density at radius 3 is 1.51 bits per heavy atom. The molecule has 0 radical (unpaired) electrons. The summed E-state index contributed by atoms with van der Waals surface area (Å²) in [6.45, 7) is 9.50. The zero-order valence-corrected chi connectivity index (χ0v) is 42.2. The van der Waals surface area contributed by atoms with Crippen molar-refractivity contribution in [3.8, 4) is 34.4 Å². The summed E-state index contributed by atoms with van der Waals surface area (Å²) in [5.74, 6) is 0. The summed E-state index contributed by atoms with van der Waals surface area (Å²) >= 11 is 0. The van der Waals surface area contributed by atoms with Gasteiger partial charge in [-0.1, -0.05) is 137 Å². The third kappa shape index (κ3) is 6.07. The minimum atomic E-state index is -0.408. The van der Waals surface area contributed by atoms with Gasteiger partial charge in [-0.25, -0.2) is 0 Å². The lowest BCUT2D eigenvalue weighted by atomic mass is 9.77. The summed E-state index contributed by atoms with van der Waals surface area (Å²) in [6.07, 6.45) is 0. The van der Waals surface area contributed by atoms with Gasteiger partial charge in [0.2, 0.25) is 0 Å². The second kappa shape index (κ2) is 15.8. The molecule has 0 fully saturated rings. The van der Waals surface area contributed by atoms with Crippen LogP contribution in [0.5, 0.6) is 0 Å². The van der Waals surface area contributed by atoms with Crippen molar-refractivity contribution in [2.45, 2.75) is 38.5 Å². The number of fused-ring (bicyclic) bond motifs is 16. The molecule has 2 aliphatic rings. The molecule has 11 aromatic carbocycles. The van der Waals surface area contributed by atoms with Crippen LogP contribution in [-0.2, 0) is 10.8 Å². The number of nitriles is 2. The van der Waals surface area contributed by atoms with Gasteiger partial charge in [0.15, 0.2) is 11.2 Å². The van der Waals surface area contributed by atoms with Crippen LogP contribution in [0.4, 0.5) is 34.1 Å². The second-order valence-electron chi connectivity index (χ2n) is 21.4. The van der Waals surface area contributed by atoms with Crippen LogP contribution in [-0.4, -0.2) is 0 Å². The van der Waals surface area contributed by atoms with Crippen molar-refractivity contribution in [3.05, 3.63) is 240 Å². The molecule has 0 atom stereocenters. The van der Waals surface area contributed by atoms with Crippen molar-refractivity contribution in [1.29, 1.82) is 10.5 Å². The molecule has 0 amide bonds. The van der Waals surface area contributed by atoms with Crippen LogP contribution in [0, 0.1) is 22.7 Å². The molecule has 0 aliphatic heterocycles. The van der Waals surface area contributed by atoms with Crippen LogP contribution in [0.1, 0.15) is 61.1 Å². The van der Waals surface area contributed by atoms with Crippen molar-refractivity contribution in [3.63, 3.8) is 0 Å². The van der Waals surface area contributed by atoms with Gasteiger partial charge in [-0.05, 0) is 158 Å². The van der Waals surface area contributed by atoms with E-state index in [0.717, 1.165) is 83.4 Å². The Morgan fingerprint density at radius 2 is 0.882 bits per heavy atom. The van der Waals surface area contributed by atoms with Gasteiger partial charge in [-0.2, -0.15) is 10.5 Å². The number of para-hydroxylation sites is 4. The molecule has 13 aromatic rings. The summed E-state index contributed by atoms with van der Waals surface area (Å²) < 4.78 is 13.5. The Hall–Kier alpha value is -9.88. The topological polar surface area (TPSA) is 80.3 Å². The summed E-state index contributed by atoms with van der Waals surface area (Å²) in [4.78, 5) is 4.62. The molecule has 2 heterocycles. The van der Waals surface area contributed by atoms with Crippen molar-refractivity contribution < 1.29 is 8.83 Å². The number of rotatable bonds is 6. The Balaban J connectivity index is 0.949. The predicted molar refractivity (Wildman–Crippen MR) is 310 cm³/mol. The molecular weight excluding hydrogens is 929 g/mol. The lowest BCUT2D eigenvalue weighted by Gasteiger charge is -2.30. The van der Waals surface area contributed by atoms with E-state index in [-0.39, 0.29) is 5.41 Å². The second-order valence-corrected chi connectivity index (χ2v) is 21.4. The lowest BCUT2D eigenvalue weighted by Crippen LogP contribution is -2.20. The van der Waals surface area contributed by atoms with Gasteiger partial charge in [0.1, 0.15) is 11.2 Å².